The molecule has 1 amide bonds. The van der Waals surface area contributed by atoms with Crippen LogP contribution in [-0.2, 0) is 14.3 Å². The monoisotopic (exact) mass is 491 g/mol. The Balaban J connectivity index is 1.64. The Hall–Kier alpha value is -3.65. The van der Waals surface area contributed by atoms with Crippen LogP contribution in [0.3, 0.4) is 0 Å². The van der Waals surface area contributed by atoms with Crippen LogP contribution in [-0.4, -0.2) is 28.6 Å². The normalized spacial score (nSPS) is 17.8. The highest BCUT2D eigenvalue weighted by Crippen LogP contribution is 2.45. The van der Waals surface area contributed by atoms with Crippen molar-refractivity contribution < 1.29 is 18.7 Å². The molecular weight excluding hydrogens is 465 g/mol. The molecule has 8 heteroatoms. The van der Waals surface area contributed by atoms with Gasteiger partial charge in [-0.15, -0.1) is 0 Å². The summed E-state index contributed by atoms with van der Waals surface area (Å²) in [5, 5.41) is 5.41. The minimum absolute atomic E-state index is 0.0212. The highest BCUT2D eigenvalue weighted by molar-refractivity contribution is 8.16. The van der Waals surface area contributed by atoms with E-state index in [0.717, 1.165) is 5.56 Å². The van der Waals surface area contributed by atoms with E-state index < -0.39 is 17.8 Å². The van der Waals surface area contributed by atoms with Crippen molar-refractivity contribution in [2.75, 3.05) is 6.61 Å². The zero-order valence-corrected chi connectivity index (χ0v) is 20.3. The number of hydrogen-bond acceptors (Lipinski definition) is 6. The van der Waals surface area contributed by atoms with Gasteiger partial charge in [0.05, 0.1) is 29.8 Å². The average molecular weight is 492 g/mol. The third kappa shape index (κ3) is 5.22. The average Bonchev–Trinajstić information content (AvgIpc) is 3.24. The summed E-state index contributed by atoms with van der Waals surface area (Å²) in [4.78, 5) is 32.3. The number of aliphatic imine (C=N–C) groups is 1. The third-order valence-corrected chi connectivity index (χ3v) is 6.66. The molecule has 180 valence electrons. The van der Waals surface area contributed by atoms with Crippen molar-refractivity contribution in [2.45, 2.75) is 32.4 Å². The Morgan fingerprint density at radius 3 is 2.66 bits per heavy atom. The minimum atomic E-state index is -0.818. The van der Waals surface area contributed by atoms with Gasteiger partial charge in [0.1, 0.15) is 12.4 Å². The van der Waals surface area contributed by atoms with Crippen molar-refractivity contribution in [2.24, 2.45) is 4.99 Å². The number of carbonyl (C=O) groups is 2. The predicted molar refractivity (Wildman–Crippen MR) is 136 cm³/mol. The van der Waals surface area contributed by atoms with Gasteiger partial charge in [0.2, 0.25) is 5.91 Å². The molecule has 0 fully saturated rings. The predicted octanol–water partition coefficient (Wildman–Crippen LogP) is 5.40. The lowest BCUT2D eigenvalue weighted by atomic mass is 9.93. The summed E-state index contributed by atoms with van der Waals surface area (Å²) in [7, 11) is 0. The van der Waals surface area contributed by atoms with Crippen molar-refractivity contribution in [3.05, 3.63) is 107 Å². The molecule has 2 heterocycles. The first-order chi connectivity index (χ1) is 16.9. The molecule has 2 unspecified atom stereocenters. The molecule has 1 N–H and O–H groups in total. The van der Waals surface area contributed by atoms with Crippen LogP contribution in [0.15, 0.2) is 94.6 Å². The van der Waals surface area contributed by atoms with E-state index in [4.69, 9.17) is 4.74 Å². The Kier molecular flexibility index (Phi) is 7.51. The number of thioether (sulfide) groups is 1. The van der Waals surface area contributed by atoms with Crippen molar-refractivity contribution in [3.8, 4) is 0 Å². The number of amidine groups is 1. The molecule has 2 atom stereocenters. The van der Waals surface area contributed by atoms with Crippen LogP contribution < -0.4 is 5.32 Å². The fraction of sp³-hybridized carbons (Fsp3) is 0.222. The van der Waals surface area contributed by atoms with Crippen LogP contribution in [0.2, 0.25) is 0 Å². The quantitative estimate of drug-likeness (QED) is 0.396. The van der Waals surface area contributed by atoms with E-state index >= 15 is 4.39 Å². The summed E-state index contributed by atoms with van der Waals surface area (Å²) in [5.74, 6) is -1.25. The number of esters is 1. The Morgan fingerprint density at radius 1 is 1.23 bits per heavy atom. The number of hydrogen-bond donors (Lipinski definition) is 1. The van der Waals surface area contributed by atoms with Gasteiger partial charge in [-0.05, 0) is 30.9 Å². The summed E-state index contributed by atoms with van der Waals surface area (Å²) < 4.78 is 20.4. The lowest BCUT2D eigenvalue weighted by Gasteiger charge is -2.36. The van der Waals surface area contributed by atoms with E-state index in [2.05, 4.69) is 16.9 Å². The highest BCUT2D eigenvalue weighted by Gasteiger charge is 2.42. The number of fused-ring (bicyclic) bond motifs is 1. The number of rotatable bonds is 8. The lowest BCUT2D eigenvalue weighted by Crippen LogP contribution is -2.38. The number of halogens is 1. The fourth-order valence-electron chi connectivity index (χ4n) is 4.12. The highest BCUT2D eigenvalue weighted by atomic mass is 32.2. The second-order valence-corrected chi connectivity index (χ2v) is 9.01. The smallest absolute Gasteiger partial charge is 0.338 e. The van der Waals surface area contributed by atoms with E-state index in [1.807, 2.05) is 42.7 Å². The van der Waals surface area contributed by atoms with Crippen molar-refractivity contribution >= 4 is 28.8 Å². The van der Waals surface area contributed by atoms with Crippen LogP contribution in [0.25, 0.3) is 0 Å². The molecule has 0 radical (unpaired) electrons. The first kappa shape index (κ1) is 24.5. The molecule has 0 aliphatic carbocycles. The maximum Gasteiger partial charge on any atom is 0.338 e. The Bertz CT molecular complexity index is 1240. The zero-order chi connectivity index (χ0) is 24.9. The van der Waals surface area contributed by atoms with Gasteiger partial charge >= 0.3 is 5.97 Å². The van der Waals surface area contributed by atoms with Crippen LogP contribution >= 0.6 is 11.8 Å². The molecule has 0 aromatic heterocycles. The van der Waals surface area contributed by atoms with E-state index in [1.165, 1.54) is 23.9 Å². The van der Waals surface area contributed by atoms with E-state index in [9.17, 15) is 9.59 Å². The molecule has 0 spiro atoms. The van der Waals surface area contributed by atoms with Gasteiger partial charge in [-0.2, -0.15) is 0 Å². The number of ether oxygens (including phenoxy) is 1. The molecule has 4 rings (SSSR count). The number of allylic oxidation sites excluding steroid dienone is 1. The molecular formula is C27H26FN3O3S. The number of amides is 1. The SMILES string of the molecule is C=CCOC(=O)C1=C(C)N=C2SC=C(CC(=O)NC(C)c3ccccc3)N2C1c1ccccc1F. The first-order valence-electron chi connectivity index (χ1n) is 11.2. The largest absolute Gasteiger partial charge is 0.458 e. The summed E-state index contributed by atoms with van der Waals surface area (Å²) in [6, 6.07) is 15.0. The van der Waals surface area contributed by atoms with E-state index in [0.29, 0.717) is 22.1 Å². The molecule has 2 aliphatic rings. The third-order valence-electron chi connectivity index (χ3n) is 5.77. The molecule has 2 aromatic rings. The summed E-state index contributed by atoms with van der Waals surface area (Å²) in [5.41, 5.74) is 2.60. The van der Waals surface area contributed by atoms with Crippen molar-refractivity contribution in [3.63, 3.8) is 0 Å². The van der Waals surface area contributed by atoms with Crippen LogP contribution in [0.5, 0.6) is 0 Å². The molecule has 0 bridgehead atoms. The first-order valence-corrected chi connectivity index (χ1v) is 12.1. The van der Waals surface area contributed by atoms with Crippen LogP contribution in [0.1, 0.15) is 43.5 Å². The van der Waals surface area contributed by atoms with Gasteiger partial charge in [-0.25, -0.2) is 14.2 Å². The molecule has 0 saturated carbocycles. The van der Waals surface area contributed by atoms with Gasteiger partial charge in [0, 0.05) is 11.3 Å². The maximum atomic E-state index is 15.0. The van der Waals surface area contributed by atoms with Gasteiger partial charge in [0.15, 0.2) is 5.17 Å². The standard InChI is InChI=1S/C27H26FN3O3S/c1-4-14-34-26(33)24-18(3)30-27-31(25(24)21-12-8-9-13-22(21)28)20(16-35-27)15-23(32)29-17(2)19-10-6-5-7-11-19/h4-13,16-17,25H,1,14-15H2,2-3H3,(H,29,32). The molecule has 2 aromatic carbocycles. The van der Waals surface area contributed by atoms with Gasteiger partial charge in [0.25, 0.3) is 0 Å². The second kappa shape index (κ2) is 10.7. The summed E-state index contributed by atoms with van der Waals surface area (Å²) in [6.07, 6.45) is 1.51. The lowest BCUT2D eigenvalue weighted by molar-refractivity contribution is -0.138. The number of benzene rings is 2. The Labute approximate surface area is 208 Å². The number of carbonyl (C=O) groups excluding carboxylic acids is 2. The topological polar surface area (TPSA) is 71.0 Å². The Morgan fingerprint density at radius 2 is 1.94 bits per heavy atom. The van der Waals surface area contributed by atoms with Gasteiger partial charge in [-0.3, -0.25) is 4.79 Å². The van der Waals surface area contributed by atoms with E-state index in [-0.39, 0.29) is 30.5 Å². The van der Waals surface area contributed by atoms with Gasteiger partial charge < -0.3 is 15.0 Å². The second-order valence-electron chi connectivity index (χ2n) is 8.18. The van der Waals surface area contributed by atoms with Crippen LogP contribution in [0, 0.1) is 5.82 Å². The van der Waals surface area contributed by atoms with Crippen molar-refractivity contribution in [1.82, 2.24) is 10.2 Å². The molecule has 2 aliphatic heterocycles. The minimum Gasteiger partial charge on any atom is -0.458 e. The van der Waals surface area contributed by atoms with Gasteiger partial charge in [-0.1, -0.05) is 72.9 Å². The number of nitrogens with zero attached hydrogens (tertiary/aromatic N) is 2. The molecule has 35 heavy (non-hydrogen) atoms. The number of nitrogens with one attached hydrogen (secondary N) is 1. The fourth-order valence-corrected chi connectivity index (χ4v) is 5.08. The summed E-state index contributed by atoms with van der Waals surface area (Å²) >= 11 is 1.34. The molecule has 6 nitrogen and oxygen atoms in total. The van der Waals surface area contributed by atoms with Crippen molar-refractivity contribution in [1.29, 1.82) is 0 Å². The zero-order valence-electron chi connectivity index (χ0n) is 19.5. The summed E-state index contributed by atoms with van der Waals surface area (Å²) in [6.45, 7) is 7.23. The van der Waals surface area contributed by atoms with E-state index in [1.54, 1.807) is 30.0 Å². The van der Waals surface area contributed by atoms with Crippen LogP contribution in [0.4, 0.5) is 4.39 Å². The maximum absolute atomic E-state index is 15.0. The molecule has 0 saturated heterocycles.